The van der Waals surface area contributed by atoms with Gasteiger partial charge in [-0.2, -0.15) is 0 Å². The Morgan fingerprint density at radius 2 is 2.06 bits per heavy atom. The first kappa shape index (κ1) is 13.1. The van der Waals surface area contributed by atoms with Crippen LogP contribution in [-0.2, 0) is 0 Å². The predicted octanol–water partition coefficient (Wildman–Crippen LogP) is 3.72. The van der Waals surface area contributed by atoms with Crippen molar-refractivity contribution in [2.75, 3.05) is 11.4 Å². The van der Waals surface area contributed by atoms with E-state index in [1.807, 2.05) is 0 Å². The average molecular weight is 249 g/mol. The minimum absolute atomic E-state index is 0.0362. The van der Waals surface area contributed by atoms with E-state index in [0.29, 0.717) is 11.1 Å². The maximum atomic E-state index is 13.6. The lowest BCUT2D eigenvalue weighted by molar-refractivity contribution is 0.101. The second-order valence-electron chi connectivity index (χ2n) is 5.74. The van der Waals surface area contributed by atoms with E-state index in [1.54, 1.807) is 13.0 Å². The van der Waals surface area contributed by atoms with E-state index >= 15 is 0 Å². The number of carbonyl (C=O) groups excluding carboxylic acids is 1. The quantitative estimate of drug-likeness (QED) is 0.745. The largest absolute Gasteiger partial charge is 0.366 e. The SMILES string of the molecule is CC(=O)c1cc(F)c(C)cc1N1CCCC1(C)C. The minimum atomic E-state index is -0.305. The molecule has 0 atom stereocenters. The van der Waals surface area contributed by atoms with Gasteiger partial charge in [0, 0.05) is 23.3 Å². The molecule has 0 aliphatic carbocycles. The smallest absolute Gasteiger partial charge is 0.161 e. The second kappa shape index (κ2) is 4.38. The molecule has 0 bridgehead atoms. The maximum absolute atomic E-state index is 13.6. The van der Waals surface area contributed by atoms with E-state index in [2.05, 4.69) is 18.7 Å². The van der Waals surface area contributed by atoms with Crippen molar-refractivity contribution in [3.63, 3.8) is 0 Å². The third-order valence-corrected chi connectivity index (χ3v) is 3.85. The highest BCUT2D eigenvalue weighted by atomic mass is 19.1. The van der Waals surface area contributed by atoms with Gasteiger partial charge < -0.3 is 4.90 Å². The summed E-state index contributed by atoms with van der Waals surface area (Å²) in [5.41, 5.74) is 2.00. The molecule has 0 spiro atoms. The van der Waals surface area contributed by atoms with Crippen molar-refractivity contribution in [3.8, 4) is 0 Å². The number of nitrogens with zero attached hydrogens (tertiary/aromatic N) is 1. The fraction of sp³-hybridized carbons (Fsp3) is 0.533. The molecule has 98 valence electrons. The molecule has 1 aliphatic rings. The Morgan fingerprint density at radius 1 is 1.39 bits per heavy atom. The third kappa shape index (κ3) is 2.14. The average Bonchev–Trinajstić information content (AvgIpc) is 2.61. The molecule has 1 fully saturated rings. The highest BCUT2D eigenvalue weighted by molar-refractivity contribution is 6.00. The van der Waals surface area contributed by atoms with Gasteiger partial charge in [0.25, 0.3) is 0 Å². The van der Waals surface area contributed by atoms with Crippen molar-refractivity contribution in [2.45, 2.75) is 46.1 Å². The lowest BCUT2D eigenvalue weighted by atomic mass is 9.98. The van der Waals surface area contributed by atoms with Crippen molar-refractivity contribution in [1.29, 1.82) is 0 Å². The second-order valence-corrected chi connectivity index (χ2v) is 5.74. The monoisotopic (exact) mass is 249 g/mol. The van der Waals surface area contributed by atoms with Crippen LogP contribution in [0.1, 0.15) is 49.5 Å². The Bertz CT molecular complexity index is 494. The molecule has 1 aromatic carbocycles. The van der Waals surface area contributed by atoms with Gasteiger partial charge >= 0.3 is 0 Å². The Morgan fingerprint density at radius 3 is 2.56 bits per heavy atom. The number of halogens is 1. The fourth-order valence-electron chi connectivity index (χ4n) is 2.73. The van der Waals surface area contributed by atoms with Crippen LogP contribution in [-0.4, -0.2) is 17.9 Å². The highest BCUT2D eigenvalue weighted by Gasteiger charge is 2.33. The van der Waals surface area contributed by atoms with E-state index < -0.39 is 0 Å². The predicted molar refractivity (Wildman–Crippen MR) is 71.8 cm³/mol. The standard InChI is InChI=1S/C15H20FNO/c1-10-8-14(12(11(2)18)9-13(10)16)17-7-5-6-15(17,3)4/h8-9H,5-7H2,1-4H3. The van der Waals surface area contributed by atoms with Crippen LogP contribution in [0.15, 0.2) is 12.1 Å². The maximum Gasteiger partial charge on any atom is 0.161 e. The molecule has 1 aromatic rings. The molecule has 0 N–H and O–H groups in total. The van der Waals surface area contributed by atoms with Gasteiger partial charge in [-0.1, -0.05) is 0 Å². The number of carbonyl (C=O) groups is 1. The van der Waals surface area contributed by atoms with Gasteiger partial charge in [-0.15, -0.1) is 0 Å². The van der Waals surface area contributed by atoms with Crippen LogP contribution in [0, 0.1) is 12.7 Å². The molecule has 0 aromatic heterocycles. The summed E-state index contributed by atoms with van der Waals surface area (Å²) in [5, 5.41) is 0. The van der Waals surface area contributed by atoms with Crippen LogP contribution in [0.25, 0.3) is 0 Å². The molecule has 1 heterocycles. The Labute approximate surface area is 108 Å². The normalized spacial score (nSPS) is 18.2. The van der Waals surface area contributed by atoms with Gasteiger partial charge in [-0.3, -0.25) is 4.79 Å². The van der Waals surface area contributed by atoms with Crippen molar-refractivity contribution in [3.05, 3.63) is 29.1 Å². The van der Waals surface area contributed by atoms with Crippen LogP contribution in [0.2, 0.25) is 0 Å². The summed E-state index contributed by atoms with van der Waals surface area (Å²) < 4.78 is 13.6. The molecule has 0 saturated carbocycles. The van der Waals surface area contributed by atoms with Gasteiger partial charge in [0.05, 0.1) is 0 Å². The summed E-state index contributed by atoms with van der Waals surface area (Å²) in [4.78, 5) is 13.9. The number of aryl methyl sites for hydroxylation is 1. The molecule has 0 unspecified atom stereocenters. The molecular weight excluding hydrogens is 229 g/mol. The number of benzene rings is 1. The van der Waals surface area contributed by atoms with E-state index in [9.17, 15) is 9.18 Å². The minimum Gasteiger partial charge on any atom is -0.366 e. The van der Waals surface area contributed by atoms with Crippen LogP contribution >= 0.6 is 0 Å². The van der Waals surface area contributed by atoms with Gasteiger partial charge in [0.15, 0.2) is 5.78 Å². The Kier molecular flexibility index (Phi) is 3.18. The molecule has 3 heteroatoms. The molecule has 1 aliphatic heterocycles. The molecular formula is C15H20FNO. The van der Waals surface area contributed by atoms with Crippen LogP contribution < -0.4 is 4.90 Å². The molecule has 2 nitrogen and oxygen atoms in total. The summed E-state index contributed by atoms with van der Waals surface area (Å²) in [5.74, 6) is -0.382. The Balaban J connectivity index is 2.56. The first-order valence-electron chi connectivity index (χ1n) is 6.41. The van der Waals surface area contributed by atoms with Gasteiger partial charge in [0.1, 0.15) is 5.82 Å². The number of rotatable bonds is 2. The van der Waals surface area contributed by atoms with Crippen LogP contribution in [0.5, 0.6) is 0 Å². The molecule has 0 amide bonds. The summed E-state index contributed by atoms with van der Waals surface area (Å²) in [6.07, 6.45) is 2.21. The van der Waals surface area contributed by atoms with E-state index in [-0.39, 0.29) is 17.1 Å². The summed E-state index contributed by atoms with van der Waals surface area (Å²) in [6, 6.07) is 3.18. The van der Waals surface area contributed by atoms with Crippen molar-refractivity contribution in [2.24, 2.45) is 0 Å². The number of anilines is 1. The van der Waals surface area contributed by atoms with Crippen molar-refractivity contribution in [1.82, 2.24) is 0 Å². The number of ketones is 1. The number of Topliss-reactive ketones (excluding diaryl/α,β-unsaturated/α-hetero) is 1. The zero-order valence-electron chi connectivity index (χ0n) is 11.5. The van der Waals surface area contributed by atoms with Gasteiger partial charge in [0.2, 0.25) is 0 Å². The van der Waals surface area contributed by atoms with Crippen molar-refractivity contribution >= 4 is 11.5 Å². The number of hydrogen-bond donors (Lipinski definition) is 0. The fourth-order valence-corrected chi connectivity index (χ4v) is 2.73. The van der Waals surface area contributed by atoms with E-state index in [0.717, 1.165) is 25.1 Å². The van der Waals surface area contributed by atoms with Crippen LogP contribution in [0.3, 0.4) is 0 Å². The topological polar surface area (TPSA) is 20.3 Å². The van der Waals surface area contributed by atoms with E-state index in [4.69, 9.17) is 0 Å². The molecule has 0 radical (unpaired) electrons. The first-order valence-corrected chi connectivity index (χ1v) is 6.41. The highest BCUT2D eigenvalue weighted by Crippen LogP contribution is 2.36. The van der Waals surface area contributed by atoms with Gasteiger partial charge in [-0.05, 0) is 58.2 Å². The van der Waals surface area contributed by atoms with Crippen molar-refractivity contribution < 1.29 is 9.18 Å². The Hall–Kier alpha value is -1.38. The zero-order chi connectivity index (χ0) is 13.5. The van der Waals surface area contributed by atoms with E-state index in [1.165, 1.54) is 13.0 Å². The molecule has 2 rings (SSSR count). The summed E-state index contributed by atoms with van der Waals surface area (Å²) >= 11 is 0. The van der Waals surface area contributed by atoms with Crippen LogP contribution in [0.4, 0.5) is 10.1 Å². The zero-order valence-corrected chi connectivity index (χ0v) is 11.5. The van der Waals surface area contributed by atoms with Gasteiger partial charge in [-0.25, -0.2) is 4.39 Å². The lowest BCUT2D eigenvalue weighted by Crippen LogP contribution is -2.39. The third-order valence-electron chi connectivity index (χ3n) is 3.85. The summed E-state index contributed by atoms with van der Waals surface area (Å²) in [6.45, 7) is 8.51. The number of hydrogen-bond acceptors (Lipinski definition) is 2. The first-order chi connectivity index (χ1) is 8.33. The molecule has 18 heavy (non-hydrogen) atoms. The molecule has 1 saturated heterocycles. The lowest BCUT2D eigenvalue weighted by Gasteiger charge is -2.35. The summed E-state index contributed by atoms with van der Waals surface area (Å²) in [7, 11) is 0.